The van der Waals surface area contributed by atoms with Crippen molar-refractivity contribution in [1.82, 2.24) is 5.32 Å². The summed E-state index contributed by atoms with van der Waals surface area (Å²) in [6, 6.07) is 13.4. The number of aryl methyl sites for hydroxylation is 1. The van der Waals surface area contributed by atoms with Gasteiger partial charge in [0, 0.05) is 12.1 Å². The molecular formula is C14H20N2. The largest absolute Gasteiger partial charge is 0.311 e. The first-order chi connectivity index (χ1) is 7.72. The van der Waals surface area contributed by atoms with Crippen molar-refractivity contribution >= 4 is 0 Å². The van der Waals surface area contributed by atoms with Gasteiger partial charge in [-0.1, -0.05) is 30.3 Å². The molecular weight excluding hydrogens is 196 g/mol. The minimum absolute atomic E-state index is 0.288. The van der Waals surface area contributed by atoms with Crippen molar-refractivity contribution in [3.8, 4) is 6.07 Å². The van der Waals surface area contributed by atoms with Gasteiger partial charge in [-0.2, -0.15) is 5.26 Å². The van der Waals surface area contributed by atoms with Crippen LogP contribution < -0.4 is 5.32 Å². The first-order valence-electron chi connectivity index (χ1n) is 5.89. The zero-order chi connectivity index (χ0) is 11.8. The van der Waals surface area contributed by atoms with E-state index in [0.717, 1.165) is 12.8 Å². The molecule has 0 bridgehead atoms. The van der Waals surface area contributed by atoms with E-state index >= 15 is 0 Å². The summed E-state index contributed by atoms with van der Waals surface area (Å²) < 4.78 is 0. The lowest BCUT2D eigenvalue weighted by Crippen LogP contribution is -2.34. The topological polar surface area (TPSA) is 35.8 Å². The number of rotatable bonds is 6. The van der Waals surface area contributed by atoms with Gasteiger partial charge in [0.05, 0.1) is 12.5 Å². The van der Waals surface area contributed by atoms with Gasteiger partial charge < -0.3 is 5.32 Å². The molecule has 0 radical (unpaired) electrons. The number of nitrogens with one attached hydrogen (secondary N) is 1. The molecule has 0 fully saturated rings. The Morgan fingerprint density at radius 3 is 2.50 bits per heavy atom. The van der Waals surface area contributed by atoms with E-state index in [4.69, 9.17) is 5.26 Å². The minimum Gasteiger partial charge on any atom is -0.311 e. The molecule has 2 heteroatoms. The first kappa shape index (κ1) is 12.7. The van der Waals surface area contributed by atoms with Crippen LogP contribution in [0.15, 0.2) is 30.3 Å². The van der Waals surface area contributed by atoms with Crippen LogP contribution in [0.5, 0.6) is 0 Å². The molecule has 1 N–H and O–H groups in total. The standard InChI is InChI=1S/C14H20N2/c1-12(16-13(2)10-11-15)8-9-14-6-4-3-5-7-14/h3-7,12-13,16H,8-10H2,1-2H3. The van der Waals surface area contributed by atoms with E-state index in [1.54, 1.807) is 0 Å². The van der Waals surface area contributed by atoms with Crippen LogP contribution in [0.1, 0.15) is 32.3 Å². The Bertz CT molecular complexity index is 326. The third kappa shape index (κ3) is 4.95. The second-order valence-electron chi connectivity index (χ2n) is 4.36. The van der Waals surface area contributed by atoms with Crippen molar-refractivity contribution < 1.29 is 0 Å². The molecule has 0 spiro atoms. The Hall–Kier alpha value is -1.33. The van der Waals surface area contributed by atoms with E-state index in [1.807, 2.05) is 6.07 Å². The van der Waals surface area contributed by atoms with Crippen molar-refractivity contribution in [2.24, 2.45) is 0 Å². The van der Waals surface area contributed by atoms with Gasteiger partial charge in [-0.25, -0.2) is 0 Å². The van der Waals surface area contributed by atoms with Gasteiger partial charge in [0.2, 0.25) is 0 Å². The Labute approximate surface area is 98.3 Å². The van der Waals surface area contributed by atoms with Gasteiger partial charge >= 0.3 is 0 Å². The monoisotopic (exact) mass is 216 g/mol. The third-order valence-corrected chi connectivity index (χ3v) is 2.68. The quantitative estimate of drug-likeness (QED) is 0.793. The van der Waals surface area contributed by atoms with Crippen molar-refractivity contribution in [2.45, 2.75) is 45.2 Å². The molecule has 0 amide bonds. The zero-order valence-electron chi connectivity index (χ0n) is 10.1. The molecule has 86 valence electrons. The lowest BCUT2D eigenvalue weighted by molar-refractivity contribution is 0.450. The summed E-state index contributed by atoms with van der Waals surface area (Å²) in [5, 5.41) is 12.0. The van der Waals surface area contributed by atoms with E-state index in [2.05, 4.69) is 49.5 Å². The second kappa shape index (κ2) is 7.03. The molecule has 0 aromatic heterocycles. The predicted molar refractivity (Wildman–Crippen MR) is 67.1 cm³/mol. The van der Waals surface area contributed by atoms with Gasteiger partial charge in [0.15, 0.2) is 0 Å². The molecule has 2 unspecified atom stereocenters. The number of nitrogens with zero attached hydrogens (tertiary/aromatic N) is 1. The fourth-order valence-corrected chi connectivity index (χ4v) is 1.79. The molecule has 0 aliphatic heterocycles. The summed E-state index contributed by atoms with van der Waals surface area (Å²) in [6.07, 6.45) is 2.78. The Balaban J connectivity index is 2.25. The van der Waals surface area contributed by atoms with Crippen LogP contribution >= 0.6 is 0 Å². The molecule has 2 atom stereocenters. The summed E-state index contributed by atoms with van der Waals surface area (Å²) >= 11 is 0. The summed E-state index contributed by atoms with van der Waals surface area (Å²) in [6.45, 7) is 4.24. The SMILES string of the molecule is CC(CC#N)NC(C)CCc1ccccc1. The Morgan fingerprint density at radius 2 is 1.88 bits per heavy atom. The highest BCUT2D eigenvalue weighted by molar-refractivity contribution is 5.14. The number of benzene rings is 1. The van der Waals surface area contributed by atoms with Gasteiger partial charge in [0.25, 0.3) is 0 Å². The lowest BCUT2D eigenvalue weighted by Gasteiger charge is -2.17. The average Bonchev–Trinajstić information content (AvgIpc) is 2.28. The van der Waals surface area contributed by atoms with E-state index in [-0.39, 0.29) is 6.04 Å². The van der Waals surface area contributed by atoms with Crippen molar-refractivity contribution in [3.63, 3.8) is 0 Å². The summed E-state index contributed by atoms with van der Waals surface area (Å²) in [5.41, 5.74) is 1.38. The van der Waals surface area contributed by atoms with Crippen molar-refractivity contribution in [3.05, 3.63) is 35.9 Å². The van der Waals surface area contributed by atoms with E-state index in [9.17, 15) is 0 Å². The lowest BCUT2D eigenvalue weighted by atomic mass is 10.1. The number of nitriles is 1. The van der Waals surface area contributed by atoms with Crippen LogP contribution in [0, 0.1) is 11.3 Å². The van der Waals surface area contributed by atoms with Gasteiger partial charge in [0.1, 0.15) is 0 Å². The highest BCUT2D eigenvalue weighted by atomic mass is 14.9. The molecule has 1 aromatic rings. The summed E-state index contributed by atoms with van der Waals surface area (Å²) in [4.78, 5) is 0. The van der Waals surface area contributed by atoms with Crippen molar-refractivity contribution in [2.75, 3.05) is 0 Å². The highest BCUT2D eigenvalue weighted by Gasteiger charge is 2.06. The molecule has 1 rings (SSSR count). The van der Waals surface area contributed by atoms with E-state index in [0.29, 0.717) is 12.5 Å². The molecule has 0 aliphatic rings. The molecule has 16 heavy (non-hydrogen) atoms. The molecule has 0 heterocycles. The van der Waals surface area contributed by atoms with Crippen LogP contribution in [0.3, 0.4) is 0 Å². The predicted octanol–water partition coefficient (Wildman–Crippen LogP) is 2.90. The van der Waals surface area contributed by atoms with Gasteiger partial charge in [-0.15, -0.1) is 0 Å². The molecule has 1 aromatic carbocycles. The van der Waals surface area contributed by atoms with Crippen LogP contribution in [-0.2, 0) is 6.42 Å². The highest BCUT2D eigenvalue weighted by Crippen LogP contribution is 2.05. The van der Waals surface area contributed by atoms with E-state index < -0.39 is 0 Å². The zero-order valence-corrected chi connectivity index (χ0v) is 10.1. The second-order valence-corrected chi connectivity index (χ2v) is 4.36. The van der Waals surface area contributed by atoms with E-state index in [1.165, 1.54) is 5.56 Å². The molecule has 2 nitrogen and oxygen atoms in total. The Kier molecular flexibility index (Phi) is 5.60. The maximum atomic E-state index is 8.57. The van der Waals surface area contributed by atoms with Gasteiger partial charge in [-0.05, 0) is 32.3 Å². The maximum absolute atomic E-state index is 8.57. The maximum Gasteiger partial charge on any atom is 0.0638 e. The van der Waals surface area contributed by atoms with Crippen LogP contribution in [0.4, 0.5) is 0 Å². The first-order valence-corrected chi connectivity index (χ1v) is 5.89. The van der Waals surface area contributed by atoms with Crippen molar-refractivity contribution in [1.29, 1.82) is 5.26 Å². The molecule has 0 saturated heterocycles. The summed E-state index contributed by atoms with van der Waals surface area (Å²) in [7, 11) is 0. The number of hydrogen-bond acceptors (Lipinski definition) is 2. The van der Waals surface area contributed by atoms with Crippen LogP contribution in [-0.4, -0.2) is 12.1 Å². The normalized spacial score (nSPS) is 14.1. The fourth-order valence-electron chi connectivity index (χ4n) is 1.79. The fraction of sp³-hybridized carbons (Fsp3) is 0.500. The molecule has 0 aliphatic carbocycles. The third-order valence-electron chi connectivity index (χ3n) is 2.68. The Morgan fingerprint density at radius 1 is 1.19 bits per heavy atom. The number of hydrogen-bond donors (Lipinski definition) is 1. The molecule has 0 saturated carbocycles. The van der Waals surface area contributed by atoms with Crippen LogP contribution in [0.25, 0.3) is 0 Å². The van der Waals surface area contributed by atoms with Gasteiger partial charge in [-0.3, -0.25) is 0 Å². The summed E-state index contributed by atoms with van der Waals surface area (Å²) in [5.74, 6) is 0. The smallest absolute Gasteiger partial charge is 0.0638 e. The van der Waals surface area contributed by atoms with Crippen LogP contribution in [0.2, 0.25) is 0 Å². The minimum atomic E-state index is 0.288. The average molecular weight is 216 g/mol.